The van der Waals surface area contributed by atoms with Crippen LogP contribution in [0.2, 0.25) is 0 Å². The fourth-order valence-corrected chi connectivity index (χ4v) is 3.77. The molecule has 0 spiro atoms. The van der Waals surface area contributed by atoms with Crippen LogP contribution in [0.15, 0.2) is 0 Å². The molecule has 6 heteroatoms. The molecule has 2 N–H and O–H groups in total. The predicted octanol–water partition coefficient (Wildman–Crippen LogP) is -0.142. The first-order valence-corrected chi connectivity index (χ1v) is 7.94. The summed E-state index contributed by atoms with van der Waals surface area (Å²) in [5.41, 5.74) is 5.53. The first kappa shape index (κ1) is 14.9. The molecule has 0 radical (unpaired) electrons. The lowest BCUT2D eigenvalue weighted by molar-refractivity contribution is -0.0272. The Bertz CT molecular complexity index is 328. The van der Waals surface area contributed by atoms with Crippen LogP contribution in [0.5, 0.6) is 0 Å². The molecule has 102 valence electrons. The van der Waals surface area contributed by atoms with Crippen LogP contribution in [0.1, 0.15) is 20.8 Å². The highest BCUT2D eigenvalue weighted by Gasteiger charge is 2.27. The Morgan fingerprint density at radius 3 is 2.59 bits per heavy atom. The molecule has 0 aromatic rings. The lowest BCUT2D eigenvalue weighted by atomic mass is 10.2. The molecule has 2 unspecified atom stereocenters. The van der Waals surface area contributed by atoms with Crippen LogP contribution in [-0.4, -0.2) is 62.7 Å². The average Bonchev–Trinajstić information content (AvgIpc) is 2.14. The SMILES string of the molecule is CC(N)CS(=O)(=O)CC1CN(C(C)C)CCO1. The van der Waals surface area contributed by atoms with E-state index in [1.54, 1.807) is 6.92 Å². The highest BCUT2D eigenvalue weighted by molar-refractivity contribution is 7.91. The van der Waals surface area contributed by atoms with Crippen molar-refractivity contribution in [3.63, 3.8) is 0 Å². The summed E-state index contributed by atoms with van der Waals surface area (Å²) in [6, 6.07) is 0.113. The van der Waals surface area contributed by atoms with E-state index in [4.69, 9.17) is 10.5 Å². The van der Waals surface area contributed by atoms with Crippen molar-refractivity contribution < 1.29 is 13.2 Å². The standard InChI is InChI=1S/C11H24N2O3S/c1-9(2)13-4-5-16-11(6-13)8-17(14,15)7-10(3)12/h9-11H,4-8,12H2,1-3H3. The van der Waals surface area contributed by atoms with E-state index in [-0.39, 0.29) is 23.7 Å². The zero-order valence-electron chi connectivity index (χ0n) is 10.9. The van der Waals surface area contributed by atoms with Gasteiger partial charge in [-0.15, -0.1) is 0 Å². The second-order valence-electron chi connectivity index (χ2n) is 5.14. The number of rotatable bonds is 5. The van der Waals surface area contributed by atoms with Gasteiger partial charge in [-0.25, -0.2) is 8.42 Å². The quantitative estimate of drug-likeness (QED) is 0.748. The molecule has 1 saturated heterocycles. The van der Waals surface area contributed by atoms with E-state index in [2.05, 4.69) is 18.7 Å². The van der Waals surface area contributed by atoms with Crippen molar-refractivity contribution in [2.75, 3.05) is 31.2 Å². The molecule has 0 aromatic carbocycles. The van der Waals surface area contributed by atoms with Crippen molar-refractivity contribution in [3.05, 3.63) is 0 Å². The topological polar surface area (TPSA) is 72.6 Å². The molecule has 1 fully saturated rings. The number of hydrogen-bond acceptors (Lipinski definition) is 5. The number of sulfone groups is 1. The second kappa shape index (κ2) is 6.13. The Labute approximate surface area is 104 Å². The van der Waals surface area contributed by atoms with Crippen LogP contribution >= 0.6 is 0 Å². The number of morpholine rings is 1. The average molecular weight is 264 g/mol. The van der Waals surface area contributed by atoms with Gasteiger partial charge in [0.05, 0.1) is 24.2 Å². The maximum absolute atomic E-state index is 11.8. The smallest absolute Gasteiger partial charge is 0.154 e. The van der Waals surface area contributed by atoms with Gasteiger partial charge in [-0.3, -0.25) is 4.90 Å². The third-order valence-electron chi connectivity index (χ3n) is 2.86. The Balaban J connectivity index is 2.51. The van der Waals surface area contributed by atoms with Gasteiger partial charge in [-0.2, -0.15) is 0 Å². The fraction of sp³-hybridized carbons (Fsp3) is 1.00. The van der Waals surface area contributed by atoms with E-state index in [9.17, 15) is 8.42 Å². The zero-order valence-corrected chi connectivity index (χ0v) is 11.7. The molecular formula is C11H24N2O3S. The second-order valence-corrected chi connectivity index (χ2v) is 7.29. The molecule has 1 heterocycles. The zero-order chi connectivity index (χ0) is 13.1. The lowest BCUT2D eigenvalue weighted by Crippen LogP contribution is -2.48. The van der Waals surface area contributed by atoms with Crippen molar-refractivity contribution in [3.8, 4) is 0 Å². The van der Waals surface area contributed by atoms with E-state index in [0.717, 1.165) is 6.54 Å². The van der Waals surface area contributed by atoms with Gasteiger partial charge in [0.15, 0.2) is 9.84 Å². The summed E-state index contributed by atoms with van der Waals surface area (Å²) < 4.78 is 29.1. The third-order valence-corrected chi connectivity index (χ3v) is 4.77. The highest BCUT2D eigenvalue weighted by atomic mass is 32.2. The molecule has 5 nitrogen and oxygen atoms in total. The van der Waals surface area contributed by atoms with Gasteiger partial charge in [0.1, 0.15) is 0 Å². The molecule has 1 aliphatic rings. The molecule has 0 aliphatic carbocycles. The van der Waals surface area contributed by atoms with Crippen LogP contribution in [-0.2, 0) is 14.6 Å². The van der Waals surface area contributed by atoms with Crippen LogP contribution in [0.25, 0.3) is 0 Å². The minimum Gasteiger partial charge on any atom is -0.374 e. The molecule has 2 atom stereocenters. The molecular weight excluding hydrogens is 240 g/mol. The number of nitrogens with zero attached hydrogens (tertiary/aromatic N) is 1. The van der Waals surface area contributed by atoms with Crippen molar-refractivity contribution in [1.82, 2.24) is 4.90 Å². The van der Waals surface area contributed by atoms with Crippen molar-refractivity contribution in [1.29, 1.82) is 0 Å². The van der Waals surface area contributed by atoms with E-state index in [0.29, 0.717) is 19.2 Å². The predicted molar refractivity (Wildman–Crippen MR) is 68.8 cm³/mol. The van der Waals surface area contributed by atoms with Crippen LogP contribution < -0.4 is 5.73 Å². The molecule has 0 saturated carbocycles. The number of nitrogens with two attached hydrogens (primary N) is 1. The number of ether oxygens (including phenoxy) is 1. The van der Waals surface area contributed by atoms with E-state index >= 15 is 0 Å². The number of hydrogen-bond donors (Lipinski definition) is 1. The monoisotopic (exact) mass is 264 g/mol. The molecule has 0 bridgehead atoms. The largest absolute Gasteiger partial charge is 0.374 e. The van der Waals surface area contributed by atoms with E-state index in [1.807, 2.05) is 0 Å². The van der Waals surface area contributed by atoms with Crippen LogP contribution in [0.3, 0.4) is 0 Å². The lowest BCUT2D eigenvalue weighted by Gasteiger charge is -2.35. The van der Waals surface area contributed by atoms with Gasteiger partial charge in [-0.05, 0) is 20.8 Å². The summed E-state index contributed by atoms with van der Waals surface area (Å²) in [6.07, 6.45) is -0.213. The summed E-state index contributed by atoms with van der Waals surface area (Å²) in [6.45, 7) is 8.10. The maximum atomic E-state index is 11.8. The van der Waals surface area contributed by atoms with Gasteiger partial charge in [0.2, 0.25) is 0 Å². The summed E-state index contributed by atoms with van der Waals surface area (Å²) in [5, 5.41) is 0. The Morgan fingerprint density at radius 1 is 1.41 bits per heavy atom. The Kier molecular flexibility index (Phi) is 5.37. The Morgan fingerprint density at radius 2 is 2.06 bits per heavy atom. The summed E-state index contributed by atoms with van der Waals surface area (Å²) in [4.78, 5) is 2.25. The molecule has 1 aliphatic heterocycles. The summed E-state index contributed by atoms with van der Waals surface area (Å²) in [7, 11) is -3.11. The van der Waals surface area contributed by atoms with E-state index < -0.39 is 9.84 Å². The third kappa shape index (κ3) is 5.33. The normalized spacial score (nSPS) is 25.1. The van der Waals surface area contributed by atoms with Gasteiger partial charge in [0, 0.05) is 25.2 Å². The minimum atomic E-state index is -3.11. The van der Waals surface area contributed by atoms with Gasteiger partial charge in [0.25, 0.3) is 0 Å². The summed E-state index contributed by atoms with van der Waals surface area (Å²) >= 11 is 0. The van der Waals surface area contributed by atoms with Gasteiger partial charge >= 0.3 is 0 Å². The highest BCUT2D eigenvalue weighted by Crippen LogP contribution is 2.11. The van der Waals surface area contributed by atoms with Crippen LogP contribution in [0, 0.1) is 0 Å². The van der Waals surface area contributed by atoms with Gasteiger partial charge in [-0.1, -0.05) is 0 Å². The maximum Gasteiger partial charge on any atom is 0.154 e. The molecule has 1 rings (SSSR count). The van der Waals surface area contributed by atoms with E-state index in [1.165, 1.54) is 0 Å². The first-order chi connectivity index (χ1) is 7.80. The minimum absolute atomic E-state index is 0.0362. The van der Waals surface area contributed by atoms with Crippen molar-refractivity contribution in [2.24, 2.45) is 5.73 Å². The van der Waals surface area contributed by atoms with Gasteiger partial charge < -0.3 is 10.5 Å². The molecule has 0 aromatic heterocycles. The molecule has 0 amide bonds. The molecule has 17 heavy (non-hydrogen) atoms. The Hall–Kier alpha value is -0.170. The van der Waals surface area contributed by atoms with Crippen molar-refractivity contribution >= 4 is 9.84 Å². The summed E-state index contributed by atoms with van der Waals surface area (Å²) in [5.74, 6) is 0.117. The van der Waals surface area contributed by atoms with Crippen molar-refractivity contribution in [2.45, 2.75) is 39.0 Å². The first-order valence-electron chi connectivity index (χ1n) is 6.12. The van der Waals surface area contributed by atoms with Crippen LogP contribution in [0.4, 0.5) is 0 Å². The fourth-order valence-electron chi connectivity index (χ4n) is 2.06.